The number of fused-ring (bicyclic) bond motifs is 7. The fourth-order valence-electron chi connectivity index (χ4n) is 16.6. The Morgan fingerprint density at radius 1 is 0.538 bits per heavy atom. The second-order valence-electron chi connectivity index (χ2n) is 25.3. The maximum atomic E-state index is 12.1. The number of carbonyl (C=O) groups is 1. The van der Waals surface area contributed by atoms with Gasteiger partial charge in [0, 0.05) is 19.3 Å². The third-order valence-electron chi connectivity index (χ3n) is 20.9. The molecule has 0 bridgehead atoms. The van der Waals surface area contributed by atoms with Gasteiger partial charge in [-0.3, -0.25) is 4.79 Å². The molecule has 10 rings (SSSR count). The van der Waals surface area contributed by atoms with Crippen LogP contribution in [0.2, 0.25) is 0 Å². The Morgan fingerprint density at radius 2 is 1.10 bits per heavy atom. The molecule has 0 aromatic heterocycles. The molecule has 12 N–H and O–H groups in total. The molecule has 6 aliphatic heterocycles. The van der Waals surface area contributed by atoms with Gasteiger partial charge in [0.25, 0.3) is 0 Å². The summed E-state index contributed by atoms with van der Waals surface area (Å²) in [6.45, 7) is 8.26. The largest absolute Gasteiger partial charge is 0.463 e. The highest BCUT2D eigenvalue weighted by Gasteiger charge is 2.67. The SMILES string of the molecule is CC(=O)OCC1OC(OC2C(CO)OC(OC3CCC4(C)C(CCC5C4CCC4(C)C5CCC5OC6(CCC(C)CO6)C(C)C54)C3)C(O)C2O)C(OC2OC(CO)C(O)C(O)C2O)C(OC2OC(CO)C(O)C(O)C2O)C1O. The van der Waals surface area contributed by atoms with Crippen LogP contribution in [0.3, 0.4) is 0 Å². The molecule has 0 radical (unpaired) electrons. The van der Waals surface area contributed by atoms with Crippen molar-refractivity contribution in [3.63, 3.8) is 0 Å². The van der Waals surface area contributed by atoms with Crippen molar-refractivity contribution in [2.75, 3.05) is 33.0 Å². The first kappa shape index (κ1) is 59.7. The summed E-state index contributed by atoms with van der Waals surface area (Å²) in [5.74, 6) is 2.15. The average molecular weight is 1120 g/mol. The molecule has 24 heteroatoms. The summed E-state index contributed by atoms with van der Waals surface area (Å²) in [5, 5.41) is 131. The lowest BCUT2D eigenvalue weighted by Gasteiger charge is -2.64. The van der Waals surface area contributed by atoms with Crippen LogP contribution in [0.25, 0.3) is 0 Å². The Balaban J connectivity index is 0.838. The topological polar surface area (TPSA) is 361 Å². The van der Waals surface area contributed by atoms with Crippen molar-refractivity contribution in [1.82, 2.24) is 0 Å². The molecule has 4 saturated carbocycles. The molecule has 10 fully saturated rings. The Morgan fingerprint density at radius 3 is 1.72 bits per heavy atom. The maximum Gasteiger partial charge on any atom is 0.302 e. The van der Waals surface area contributed by atoms with Crippen LogP contribution in [0.15, 0.2) is 0 Å². The van der Waals surface area contributed by atoms with Gasteiger partial charge in [0.15, 0.2) is 30.9 Å². The van der Waals surface area contributed by atoms with Crippen LogP contribution in [-0.4, -0.2) is 241 Å². The normalized spacial score (nSPS) is 55.3. The van der Waals surface area contributed by atoms with Crippen molar-refractivity contribution in [3.8, 4) is 0 Å². The Labute approximate surface area is 454 Å². The predicted molar refractivity (Wildman–Crippen MR) is 262 cm³/mol. The van der Waals surface area contributed by atoms with Crippen molar-refractivity contribution < 1.29 is 118 Å². The quantitative estimate of drug-likeness (QED) is 0.0704. The van der Waals surface area contributed by atoms with Gasteiger partial charge in [-0.05, 0) is 111 Å². The molecule has 10 aliphatic rings. The number of carbonyl (C=O) groups excluding carboxylic acids is 1. The number of aliphatic hydroxyl groups excluding tert-OH is 12. The molecule has 0 aromatic rings. The summed E-state index contributed by atoms with van der Waals surface area (Å²) < 4.78 is 67.3. The molecule has 24 nitrogen and oxygen atoms in total. The van der Waals surface area contributed by atoms with Gasteiger partial charge in [-0.1, -0.05) is 27.7 Å². The number of hydrogen-bond acceptors (Lipinski definition) is 24. The van der Waals surface area contributed by atoms with Crippen molar-refractivity contribution in [3.05, 3.63) is 0 Å². The number of rotatable bonds is 13. The van der Waals surface area contributed by atoms with E-state index in [1.807, 2.05) is 0 Å². The van der Waals surface area contributed by atoms with Crippen LogP contribution >= 0.6 is 0 Å². The molecule has 78 heavy (non-hydrogen) atoms. The van der Waals surface area contributed by atoms with E-state index >= 15 is 0 Å². The molecular weight excluding hydrogens is 1030 g/mol. The number of aliphatic hydroxyl groups is 12. The van der Waals surface area contributed by atoms with Gasteiger partial charge >= 0.3 is 5.97 Å². The van der Waals surface area contributed by atoms with E-state index in [4.69, 9.17) is 52.1 Å². The lowest BCUT2D eigenvalue weighted by atomic mass is 9.41. The van der Waals surface area contributed by atoms with Crippen molar-refractivity contribution >= 4 is 5.97 Å². The second-order valence-corrected chi connectivity index (χ2v) is 25.3. The molecule has 1 spiro atoms. The minimum atomic E-state index is -2.06. The lowest BCUT2D eigenvalue weighted by molar-refractivity contribution is -0.406. The summed E-state index contributed by atoms with van der Waals surface area (Å²) in [4.78, 5) is 12.1. The van der Waals surface area contributed by atoms with Crippen LogP contribution in [0.5, 0.6) is 0 Å². The first-order valence-corrected chi connectivity index (χ1v) is 28.7. The van der Waals surface area contributed by atoms with Crippen molar-refractivity contribution in [2.45, 2.75) is 246 Å². The predicted octanol–water partition coefficient (Wildman–Crippen LogP) is -1.95. The molecule has 32 unspecified atom stereocenters. The summed E-state index contributed by atoms with van der Waals surface area (Å²) >= 11 is 0. The molecule has 6 saturated heterocycles. The van der Waals surface area contributed by atoms with Gasteiger partial charge in [-0.15, -0.1) is 0 Å². The molecule has 448 valence electrons. The second kappa shape index (κ2) is 23.6. The minimum absolute atomic E-state index is 0.0696. The monoisotopic (exact) mass is 1120 g/mol. The molecule has 0 amide bonds. The van der Waals surface area contributed by atoms with E-state index < -0.39 is 161 Å². The summed E-state index contributed by atoms with van der Waals surface area (Å²) in [7, 11) is 0. The Kier molecular flexibility index (Phi) is 18.0. The van der Waals surface area contributed by atoms with E-state index in [2.05, 4.69) is 27.7 Å². The highest BCUT2D eigenvalue weighted by Crippen LogP contribution is 2.70. The Bertz CT molecular complexity index is 2010. The summed E-state index contributed by atoms with van der Waals surface area (Å²) in [6, 6.07) is 0. The van der Waals surface area contributed by atoms with E-state index in [0.717, 1.165) is 71.3 Å². The van der Waals surface area contributed by atoms with Gasteiger partial charge in [-0.2, -0.15) is 0 Å². The van der Waals surface area contributed by atoms with E-state index in [1.165, 1.54) is 0 Å². The summed E-state index contributed by atoms with van der Waals surface area (Å²) in [6.07, 6.45) is -25.4. The zero-order valence-electron chi connectivity index (χ0n) is 45.3. The maximum absolute atomic E-state index is 12.1. The molecule has 4 aliphatic carbocycles. The van der Waals surface area contributed by atoms with Crippen LogP contribution in [0.4, 0.5) is 0 Å². The van der Waals surface area contributed by atoms with E-state index in [1.54, 1.807) is 0 Å². The number of ether oxygens (including phenoxy) is 11. The van der Waals surface area contributed by atoms with E-state index in [9.17, 15) is 66.1 Å². The zero-order chi connectivity index (χ0) is 55.9. The standard InChI is InChI=1S/C54H88O24/c1-22-10-15-54(69-20-22)23(2)35-30(78-54)9-8-28-27-7-6-25-16-26(11-13-52(25,4)29(27)12-14-53(28,35)5)70-48-44(67)41(64)45(33(19-57)73-48)75-51-47(77-50-43(66)40(63)37(60)32(18-56)72-50)46(38(61)34(74-51)21-68-24(3)58)76-49-42(65)39(62)36(59)31(17-55)71-49/h22-23,25-51,55-57,59-67H,6-21H2,1-5H3. The zero-order valence-corrected chi connectivity index (χ0v) is 45.3. The highest BCUT2D eigenvalue weighted by molar-refractivity contribution is 5.65. The van der Waals surface area contributed by atoms with Gasteiger partial charge in [0.1, 0.15) is 104 Å². The van der Waals surface area contributed by atoms with Crippen molar-refractivity contribution in [1.29, 1.82) is 0 Å². The van der Waals surface area contributed by atoms with Gasteiger partial charge < -0.3 is 113 Å². The third-order valence-corrected chi connectivity index (χ3v) is 20.9. The minimum Gasteiger partial charge on any atom is -0.463 e. The van der Waals surface area contributed by atoms with Gasteiger partial charge in [-0.25, -0.2) is 0 Å². The van der Waals surface area contributed by atoms with E-state index in [-0.39, 0.29) is 23.0 Å². The number of esters is 1. The molecular formula is C54H88O24. The van der Waals surface area contributed by atoms with Crippen LogP contribution in [-0.2, 0) is 56.9 Å². The fourth-order valence-corrected chi connectivity index (χ4v) is 16.6. The number of hydrogen-bond donors (Lipinski definition) is 12. The first-order chi connectivity index (χ1) is 37.1. The van der Waals surface area contributed by atoms with Crippen molar-refractivity contribution in [2.24, 2.45) is 52.3 Å². The molecule has 6 heterocycles. The van der Waals surface area contributed by atoms with Gasteiger partial charge in [0.2, 0.25) is 0 Å². The fraction of sp³-hybridized carbons (Fsp3) is 0.981. The molecule has 0 aromatic carbocycles. The third kappa shape index (κ3) is 10.7. The van der Waals surface area contributed by atoms with Crippen LogP contribution in [0, 0.1) is 52.3 Å². The smallest absolute Gasteiger partial charge is 0.302 e. The van der Waals surface area contributed by atoms with Crippen LogP contribution in [0.1, 0.15) is 105 Å². The first-order valence-electron chi connectivity index (χ1n) is 28.7. The van der Waals surface area contributed by atoms with E-state index in [0.29, 0.717) is 54.3 Å². The highest BCUT2D eigenvalue weighted by atomic mass is 16.8. The van der Waals surface area contributed by atoms with Gasteiger partial charge in [0.05, 0.1) is 38.6 Å². The summed E-state index contributed by atoms with van der Waals surface area (Å²) in [5.41, 5.74) is 0.237. The van der Waals surface area contributed by atoms with Crippen LogP contribution < -0.4 is 0 Å². The molecule has 32 atom stereocenters. The average Bonchev–Trinajstić information content (AvgIpc) is 3.85. The Hall–Kier alpha value is -1.41. The lowest BCUT2D eigenvalue weighted by Crippen LogP contribution is -2.69.